The number of pyridine rings is 1. The first kappa shape index (κ1) is 17.3. The second-order valence-electron chi connectivity index (χ2n) is 7.21. The van der Waals surface area contributed by atoms with Crippen LogP contribution in [0.4, 0.5) is 4.39 Å². The molecular weight excluding hydrogens is 329 g/mol. The number of benzene rings is 1. The Morgan fingerprint density at radius 3 is 2.21 bits per heavy atom. The van der Waals surface area contributed by atoms with Gasteiger partial charge in [-0.1, -0.05) is 11.6 Å². The molecule has 1 fully saturated rings. The van der Waals surface area contributed by atoms with Gasteiger partial charge in [-0.15, -0.1) is 0 Å². The van der Waals surface area contributed by atoms with Gasteiger partial charge in [0.2, 0.25) is 0 Å². The minimum atomic E-state index is -1.19. The van der Waals surface area contributed by atoms with Crippen LogP contribution in [0, 0.1) is 11.7 Å². The molecule has 3 rings (SSSR count). The van der Waals surface area contributed by atoms with Crippen LogP contribution >= 0.6 is 11.6 Å². The molecular formula is C19H21ClFNO2. The maximum absolute atomic E-state index is 13.2. The van der Waals surface area contributed by atoms with E-state index in [1.165, 1.54) is 12.1 Å². The molecule has 1 unspecified atom stereocenters. The molecule has 128 valence electrons. The zero-order valence-electron chi connectivity index (χ0n) is 14.0. The minimum Gasteiger partial charge on any atom is -0.386 e. The summed E-state index contributed by atoms with van der Waals surface area (Å²) in [5, 5.41) is 21.7. The number of aromatic nitrogens is 1. The predicted octanol–water partition coefficient (Wildman–Crippen LogP) is 4.39. The van der Waals surface area contributed by atoms with Gasteiger partial charge in [-0.3, -0.25) is 0 Å². The van der Waals surface area contributed by atoms with Gasteiger partial charge in [0, 0.05) is 11.1 Å². The molecule has 0 aliphatic heterocycles. The van der Waals surface area contributed by atoms with E-state index >= 15 is 0 Å². The number of nitrogens with zero attached hydrogens (tertiary/aromatic N) is 1. The van der Waals surface area contributed by atoms with Gasteiger partial charge in [-0.05, 0) is 69.9 Å². The molecule has 0 spiro atoms. The Labute approximate surface area is 146 Å². The lowest BCUT2D eigenvalue weighted by molar-refractivity contribution is 0.0278. The van der Waals surface area contributed by atoms with Gasteiger partial charge in [0.15, 0.2) is 0 Å². The molecule has 1 heterocycles. The van der Waals surface area contributed by atoms with Crippen LogP contribution in [0.1, 0.15) is 44.9 Å². The molecule has 0 radical (unpaired) electrons. The molecule has 0 amide bonds. The summed E-state index contributed by atoms with van der Waals surface area (Å²) in [6, 6.07) is 7.53. The van der Waals surface area contributed by atoms with Crippen molar-refractivity contribution >= 4 is 11.6 Å². The minimum absolute atomic E-state index is 0.155. The molecule has 2 aromatic rings. The lowest BCUT2D eigenvalue weighted by atomic mass is 9.89. The number of hydrogen-bond donors (Lipinski definition) is 2. The highest BCUT2D eigenvalue weighted by atomic mass is 35.5. The van der Waals surface area contributed by atoms with Crippen molar-refractivity contribution in [2.45, 2.75) is 44.8 Å². The average molecular weight is 350 g/mol. The van der Waals surface area contributed by atoms with E-state index in [0.29, 0.717) is 27.5 Å². The van der Waals surface area contributed by atoms with Gasteiger partial charge in [-0.2, -0.15) is 0 Å². The zero-order chi connectivity index (χ0) is 17.7. The molecule has 1 aromatic carbocycles. The summed E-state index contributed by atoms with van der Waals surface area (Å²) >= 11 is 6.49. The van der Waals surface area contributed by atoms with Gasteiger partial charge in [0.1, 0.15) is 11.4 Å². The number of halogens is 2. The summed E-state index contributed by atoms with van der Waals surface area (Å²) in [5.74, 6) is -0.194. The van der Waals surface area contributed by atoms with Gasteiger partial charge in [0.25, 0.3) is 0 Å². The van der Waals surface area contributed by atoms with Crippen LogP contribution in [0.15, 0.2) is 30.3 Å². The third kappa shape index (κ3) is 3.18. The van der Waals surface area contributed by atoms with E-state index in [4.69, 9.17) is 11.6 Å². The molecule has 0 saturated heterocycles. The van der Waals surface area contributed by atoms with E-state index in [0.717, 1.165) is 12.8 Å². The first-order valence-electron chi connectivity index (χ1n) is 8.03. The molecule has 3 nitrogen and oxygen atoms in total. The quantitative estimate of drug-likeness (QED) is 0.860. The molecule has 0 bridgehead atoms. The number of aliphatic hydroxyl groups is 2. The monoisotopic (exact) mass is 349 g/mol. The van der Waals surface area contributed by atoms with Crippen molar-refractivity contribution < 1.29 is 14.6 Å². The zero-order valence-corrected chi connectivity index (χ0v) is 14.7. The summed E-state index contributed by atoms with van der Waals surface area (Å²) < 4.78 is 13.2. The third-order valence-corrected chi connectivity index (χ3v) is 5.01. The molecule has 5 heteroatoms. The molecule has 24 heavy (non-hydrogen) atoms. The van der Waals surface area contributed by atoms with Crippen molar-refractivity contribution in [3.8, 4) is 11.3 Å². The van der Waals surface area contributed by atoms with Crippen LogP contribution < -0.4 is 0 Å². The Bertz CT molecular complexity index is 762. The lowest BCUT2D eigenvalue weighted by Gasteiger charge is -2.27. The second kappa shape index (κ2) is 5.80. The highest BCUT2D eigenvalue weighted by molar-refractivity contribution is 6.34. The van der Waals surface area contributed by atoms with E-state index in [1.54, 1.807) is 39.0 Å². The SMILES string of the molecule is CC(C)(O)c1cc(C(C)(O)C2CC2)nc(-c2ccc(F)cc2)c1Cl. The molecule has 1 aliphatic carbocycles. The normalized spacial score (nSPS) is 17.6. The summed E-state index contributed by atoms with van der Waals surface area (Å²) in [4.78, 5) is 4.56. The van der Waals surface area contributed by atoms with E-state index in [1.807, 2.05) is 0 Å². The van der Waals surface area contributed by atoms with Crippen molar-refractivity contribution in [2.24, 2.45) is 5.92 Å². The summed E-state index contributed by atoms with van der Waals surface area (Å²) in [5.41, 5.74) is -0.226. The van der Waals surface area contributed by atoms with Crippen molar-refractivity contribution in [3.63, 3.8) is 0 Å². The van der Waals surface area contributed by atoms with Crippen molar-refractivity contribution in [2.75, 3.05) is 0 Å². The van der Waals surface area contributed by atoms with Gasteiger partial charge in [-0.25, -0.2) is 9.37 Å². The average Bonchev–Trinajstić information content (AvgIpc) is 3.32. The van der Waals surface area contributed by atoms with Crippen molar-refractivity contribution in [3.05, 3.63) is 52.4 Å². The summed E-state index contributed by atoms with van der Waals surface area (Å²) in [7, 11) is 0. The van der Waals surface area contributed by atoms with E-state index < -0.39 is 11.2 Å². The van der Waals surface area contributed by atoms with E-state index in [9.17, 15) is 14.6 Å². The maximum Gasteiger partial charge on any atom is 0.123 e. The predicted molar refractivity (Wildman–Crippen MR) is 92.2 cm³/mol. The molecule has 2 N–H and O–H groups in total. The standard InChI is InChI=1S/C19H21ClFNO2/c1-18(2,23)14-10-15(19(3,24)12-6-7-12)22-17(16(14)20)11-4-8-13(21)9-5-11/h4-5,8-10,12,23-24H,6-7H2,1-3H3. The highest BCUT2D eigenvalue weighted by Gasteiger charge is 2.43. The first-order valence-corrected chi connectivity index (χ1v) is 8.40. The topological polar surface area (TPSA) is 53.4 Å². The molecule has 1 atom stereocenters. The maximum atomic E-state index is 13.2. The third-order valence-electron chi connectivity index (χ3n) is 4.63. The Hall–Kier alpha value is -1.49. The van der Waals surface area contributed by atoms with Gasteiger partial charge < -0.3 is 10.2 Å². The lowest BCUT2D eigenvalue weighted by Crippen LogP contribution is -2.27. The fraction of sp³-hybridized carbons (Fsp3) is 0.421. The molecule has 1 saturated carbocycles. The Morgan fingerprint density at radius 2 is 1.71 bits per heavy atom. The van der Waals surface area contributed by atoms with Gasteiger partial charge in [0.05, 0.1) is 22.0 Å². The van der Waals surface area contributed by atoms with Gasteiger partial charge >= 0.3 is 0 Å². The number of hydrogen-bond acceptors (Lipinski definition) is 3. The Morgan fingerprint density at radius 1 is 1.12 bits per heavy atom. The van der Waals surface area contributed by atoms with Crippen LogP contribution in [-0.2, 0) is 11.2 Å². The van der Waals surface area contributed by atoms with Crippen LogP contribution in [0.25, 0.3) is 11.3 Å². The van der Waals surface area contributed by atoms with Crippen molar-refractivity contribution in [1.82, 2.24) is 4.98 Å². The smallest absolute Gasteiger partial charge is 0.123 e. The van der Waals surface area contributed by atoms with Crippen LogP contribution in [0.3, 0.4) is 0 Å². The van der Waals surface area contributed by atoms with Crippen molar-refractivity contribution in [1.29, 1.82) is 0 Å². The Balaban J connectivity index is 2.22. The highest BCUT2D eigenvalue weighted by Crippen LogP contribution is 2.47. The second-order valence-corrected chi connectivity index (χ2v) is 7.58. The van der Waals surface area contributed by atoms with E-state index in [2.05, 4.69) is 4.98 Å². The largest absolute Gasteiger partial charge is 0.386 e. The molecule has 1 aromatic heterocycles. The van der Waals surface area contributed by atoms with Crippen LogP contribution in [0.5, 0.6) is 0 Å². The summed E-state index contributed by atoms with van der Waals surface area (Å²) in [6.45, 7) is 5.01. The number of rotatable bonds is 4. The van der Waals surface area contributed by atoms with Crippen LogP contribution in [-0.4, -0.2) is 15.2 Å². The fourth-order valence-corrected chi connectivity index (χ4v) is 3.32. The molecule has 1 aliphatic rings. The first-order chi connectivity index (χ1) is 11.1. The fourth-order valence-electron chi connectivity index (χ4n) is 2.89. The van der Waals surface area contributed by atoms with Crippen LogP contribution in [0.2, 0.25) is 5.02 Å². The van der Waals surface area contributed by atoms with E-state index in [-0.39, 0.29) is 11.7 Å². The Kier molecular flexibility index (Phi) is 4.19. The summed E-state index contributed by atoms with van der Waals surface area (Å²) in [6.07, 6.45) is 1.89.